The highest BCUT2D eigenvalue weighted by Gasteiger charge is 2.24. The predicted octanol–water partition coefficient (Wildman–Crippen LogP) is 3.11. The van der Waals surface area contributed by atoms with Crippen molar-refractivity contribution in [3.63, 3.8) is 0 Å². The molecule has 1 aliphatic rings. The molecule has 29 heavy (non-hydrogen) atoms. The van der Waals surface area contributed by atoms with Gasteiger partial charge in [0.15, 0.2) is 0 Å². The number of para-hydroxylation sites is 1. The Morgan fingerprint density at radius 3 is 2.66 bits per heavy atom. The van der Waals surface area contributed by atoms with E-state index in [1.54, 1.807) is 0 Å². The Balaban J connectivity index is 1.52. The second-order valence-electron chi connectivity index (χ2n) is 7.65. The fourth-order valence-electron chi connectivity index (χ4n) is 4.10. The van der Waals surface area contributed by atoms with E-state index in [0.29, 0.717) is 11.1 Å². The van der Waals surface area contributed by atoms with E-state index in [-0.39, 0.29) is 17.5 Å². The summed E-state index contributed by atoms with van der Waals surface area (Å²) in [6.45, 7) is 1.78. The minimum atomic E-state index is -0.139. The summed E-state index contributed by atoms with van der Waals surface area (Å²) in [5.41, 5.74) is 3.56. The molecule has 1 amide bonds. The number of carbonyl (C=O) groups is 1. The number of hydrogen-bond acceptors (Lipinski definition) is 3. The Bertz CT molecular complexity index is 1280. The van der Waals surface area contributed by atoms with E-state index in [9.17, 15) is 9.59 Å². The summed E-state index contributed by atoms with van der Waals surface area (Å²) < 4.78 is 0. The lowest BCUT2D eigenvalue weighted by molar-refractivity contribution is 0.0744. The van der Waals surface area contributed by atoms with Gasteiger partial charge in [0.2, 0.25) is 0 Å². The van der Waals surface area contributed by atoms with Gasteiger partial charge in [-0.1, -0.05) is 18.2 Å². The second kappa shape index (κ2) is 6.90. The number of likely N-dealkylation sites (N-methyl/N-ethyl adjacent to an activating group) is 1. The third-order valence-electron chi connectivity index (χ3n) is 5.81. The first-order valence-corrected chi connectivity index (χ1v) is 9.83. The van der Waals surface area contributed by atoms with Gasteiger partial charge in [-0.15, -0.1) is 0 Å². The SMILES string of the molecule is CN(C(=O)c1ccc2[nH]c(-c3cc4ccccc4[nH]c3=O)cc2c1)C1CCNC1. The number of nitrogens with zero attached hydrogens (tertiary/aromatic N) is 1. The van der Waals surface area contributed by atoms with Crippen molar-refractivity contribution in [2.45, 2.75) is 12.5 Å². The monoisotopic (exact) mass is 386 g/mol. The number of benzene rings is 2. The molecule has 5 rings (SSSR count). The summed E-state index contributed by atoms with van der Waals surface area (Å²) in [7, 11) is 1.86. The Morgan fingerprint density at radius 1 is 1.00 bits per heavy atom. The Labute approximate surface area is 167 Å². The van der Waals surface area contributed by atoms with E-state index in [2.05, 4.69) is 15.3 Å². The van der Waals surface area contributed by atoms with Crippen LogP contribution in [0, 0.1) is 0 Å². The van der Waals surface area contributed by atoms with Crippen LogP contribution in [0.3, 0.4) is 0 Å². The van der Waals surface area contributed by atoms with Gasteiger partial charge < -0.3 is 20.2 Å². The van der Waals surface area contributed by atoms with Crippen molar-refractivity contribution in [3.05, 3.63) is 70.5 Å². The highest BCUT2D eigenvalue weighted by Crippen LogP contribution is 2.25. The van der Waals surface area contributed by atoms with Crippen molar-refractivity contribution in [1.29, 1.82) is 0 Å². The zero-order valence-corrected chi connectivity index (χ0v) is 16.2. The molecule has 6 nitrogen and oxygen atoms in total. The molecule has 1 fully saturated rings. The number of hydrogen-bond donors (Lipinski definition) is 3. The summed E-state index contributed by atoms with van der Waals surface area (Å²) in [5.74, 6) is 0.0203. The molecule has 146 valence electrons. The second-order valence-corrected chi connectivity index (χ2v) is 7.65. The molecule has 1 aliphatic heterocycles. The molecule has 1 unspecified atom stereocenters. The van der Waals surface area contributed by atoms with Crippen LogP contribution in [0.5, 0.6) is 0 Å². The van der Waals surface area contributed by atoms with Gasteiger partial charge in [0, 0.05) is 41.6 Å². The molecule has 0 spiro atoms. The fraction of sp³-hybridized carbons (Fsp3) is 0.217. The van der Waals surface area contributed by atoms with Gasteiger partial charge in [-0.2, -0.15) is 0 Å². The van der Waals surface area contributed by atoms with E-state index in [0.717, 1.165) is 47.0 Å². The molecule has 0 saturated carbocycles. The van der Waals surface area contributed by atoms with Crippen LogP contribution in [-0.4, -0.2) is 47.0 Å². The minimum absolute atomic E-state index is 0.0203. The zero-order valence-electron chi connectivity index (χ0n) is 16.2. The van der Waals surface area contributed by atoms with Crippen LogP contribution >= 0.6 is 0 Å². The first-order valence-electron chi connectivity index (χ1n) is 9.83. The average Bonchev–Trinajstić information content (AvgIpc) is 3.41. The Kier molecular flexibility index (Phi) is 4.21. The molecular weight excluding hydrogens is 364 g/mol. The van der Waals surface area contributed by atoms with Gasteiger partial charge in [0.25, 0.3) is 11.5 Å². The molecule has 2 aromatic heterocycles. The summed E-state index contributed by atoms with van der Waals surface area (Å²) in [5, 5.41) is 5.19. The minimum Gasteiger partial charge on any atom is -0.354 e. The van der Waals surface area contributed by atoms with Crippen LogP contribution < -0.4 is 10.9 Å². The first-order chi connectivity index (χ1) is 14.1. The average molecular weight is 386 g/mol. The lowest BCUT2D eigenvalue weighted by Crippen LogP contribution is -2.38. The number of carbonyl (C=O) groups excluding carboxylic acids is 1. The van der Waals surface area contributed by atoms with Gasteiger partial charge in [-0.05, 0) is 54.8 Å². The molecule has 6 heteroatoms. The number of H-pyrrole nitrogens is 2. The van der Waals surface area contributed by atoms with E-state index in [4.69, 9.17) is 0 Å². The van der Waals surface area contributed by atoms with Crippen molar-refractivity contribution in [3.8, 4) is 11.3 Å². The highest BCUT2D eigenvalue weighted by molar-refractivity contribution is 5.99. The predicted molar refractivity (Wildman–Crippen MR) is 115 cm³/mol. The number of aromatic nitrogens is 2. The number of rotatable bonds is 3. The van der Waals surface area contributed by atoms with Crippen LogP contribution in [-0.2, 0) is 0 Å². The lowest BCUT2D eigenvalue weighted by Gasteiger charge is -2.23. The van der Waals surface area contributed by atoms with Crippen LogP contribution in [0.25, 0.3) is 33.1 Å². The van der Waals surface area contributed by atoms with Crippen molar-refractivity contribution in [2.75, 3.05) is 20.1 Å². The lowest BCUT2D eigenvalue weighted by atomic mass is 10.1. The molecule has 1 saturated heterocycles. The Hall–Kier alpha value is -3.38. The van der Waals surface area contributed by atoms with Crippen molar-refractivity contribution < 1.29 is 4.79 Å². The van der Waals surface area contributed by atoms with Crippen LogP contribution in [0.2, 0.25) is 0 Å². The maximum atomic E-state index is 12.9. The summed E-state index contributed by atoms with van der Waals surface area (Å²) in [6, 6.07) is 17.4. The largest absolute Gasteiger partial charge is 0.354 e. The number of aromatic amines is 2. The van der Waals surface area contributed by atoms with Gasteiger partial charge >= 0.3 is 0 Å². The molecule has 0 bridgehead atoms. The Morgan fingerprint density at radius 2 is 1.83 bits per heavy atom. The smallest absolute Gasteiger partial charge is 0.257 e. The maximum absolute atomic E-state index is 12.9. The number of pyridine rings is 1. The molecule has 4 aromatic rings. The molecule has 1 atom stereocenters. The van der Waals surface area contributed by atoms with Crippen molar-refractivity contribution in [1.82, 2.24) is 20.2 Å². The number of nitrogens with one attached hydrogen (secondary N) is 3. The fourth-order valence-corrected chi connectivity index (χ4v) is 4.10. The van der Waals surface area contributed by atoms with Crippen molar-refractivity contribution in [2.24, 2.45) is 0 Å². The number of fused-ring (bicyclic) bond motifs is 2. The zero-order chi connectivity index (χ0) is 20.0. The van der Waals surface area contributed by atoms with E-state index < -0.39 is 0 Å². The molecule has 3 heterocycles. The van der Waals surface area contributed by atoms with Crippen molar-refractivity contribution >= 4 is 27.7 Å². The van der Waals surface area contributed by atoms with Gasteiger partial charge in [-0.25, -0.2) is 0 Å². The third-order valence-corrected chi connectivity index (χ3v) is 5.81. The van der Waals surface area contributed by atoms with Gasteiger partial charge in [0.1, 0.15) is 0 Å². The quantitative estimate of drug-likeness (QED) is 0.506. The van der Waals surface area contributed by atoms with Gasteiger partial charge in [-0.3, -0.25) is 9.59 Å². The van der Waals surface area contributed by atoms with E-state index in [1.807, 2.05) is 66.5 Å². The van der Waals surface area contributed by atoms with E-state index >= 15 is 0 Å². The number of amides is 1. The summed E-state index contributed by atoms with van der Waals surface area (Å²) in [6.07, 6.45) is 0.976. The third kappa shape index (κ3) is 3.11. The summed E-state index contributed by atoms with van der Waals surface area (Å²) >= 11 is 0. The molecule has 2 aromatic carbocycles. The highest BCUT2D eigenvalue weighted by atomic mass is 16.2. The van der Waals surface area contributed by atoms with Crippen LogP contribution in [0.4, 0.5) is 0 Å². The molecular formula is C23H22N4O2. The van der Waals surface area contributed by atoms with E-state index in [1.165, 1.54) is 0 Å². The van der Waals surface area contributed by atoms with Crippen LogP contribution in [0.15, 0.2) is 59.4 Å². The van der Waals surface area contributed by atoms with Gasteiger partial charge in [0.05, 0.1) is 11.3 Å². The maximum Gasteiger partial charge on any atom is 0.257 e. The topological polar surface area (TPSA) is 81.0 Å². The normalized spacial score (nSPS) is 16.5. The molecule has 3 N–H and O–H groups in total. The van der Waals surface area contributed by atoms with Crippen LogP contribution in [0.1, 0.15) is 16.8 Å². The first kappa shape index (κ1) is 17.7. The molecule has 0 aliphatic carbocycles. The standard InChI is InChI=1S/C23H22N4O2/c1-27(17-8-9-24-13-17)23(29)15-6-7-20-16(10-15)12-21(25-20)18-11-14-4-2-3-5-19(14)26-22(18)28/h2-7,10-12,17,24-25H,8-9,13H2,1H3,(H,26,28). The molecule has 0 radical (unpaired) electrons. The summed E-state index contributed by atoms with van der Waals surface area (Å²) in [4.78, 5) is 33.5.